The third-order valence-corrected chi connectivity index (χ3v) is 4.67. The molecule has 2 saturated heterocycles. The maximum Gasteiger partial charge on any atom is 0.320 e. The lowest BCUT2D eigenvalue weighted by atomic mass is 10.1. The highest BCUT2D eigenvalue weighted by atomic mass is 16.2. The number of anilines is 1. The van der Waals surface area contributed by atoms with Crippen LogP contribution in [0.3, 0.4) is 0 Å². The predicted molar refractivity (Wildman–Crippen MR) is 94.4 cm³/mol. The first kappa shape index (κ1) is 17.3. The Kier molecular flexibility index (Phi) is 5.21. The zero-order valence-electron chi connectivity index (χ0n) is 14.5. The minimum atomic E-state index is -0.141. The van der Waals surface area contributed by atoms with Gasteiger partial charge in [-0.25, -0.2) is 4.79 Å². The van der Waals surface area contributed by atoms with E-state index in [0.717, 1.165) is 25.9 Å². The second kappa shape index (κ2) is 7.55. The molecule has 7 heteroatoms. The van der Waals surface area contributed by atoms with Gasteiger partial charge in [0.2, 0.25) is 5.91 Å². The monoisotopic (exact) mass is 344 g/mol. The molecule has 4 amide bonds. The lowest BCUT2D eigenvalue weighted by Crippen LogP contribution is -2.53. The van der Waals surface area contributed by atoms with Gasteiger partial charge < -0.3 is 20.0 Å². The Morgan fingerprint density at radius 3 is 1.88 bits per heavy atom. The molecule has 2 aliphatic rings. The topological polar surface area (TPSA) is 73.0 Å². The van der Waals surface area contributed by atoms with Gasteiger partial charge in [-0.05, 0) is 37.1 Å². The maximum absolute atomic E-state index is 12.6. The van der Waals surface area contributed by atoms with Crippen molar-refractivity contribution in [1.82, 2.24) is 14.7 Å². The van der Waals surface area contributed by atoms with Gasteiger partial charge in [0.1, 0.15) is 0 Å². The number of hydrogen-bond acceptors (Lipinski definition) is 3. The van der Waals surface area contributed by atoms with Crippen LogP contribution < -0.4 is 5.32 Å². The van der Waals surface area contributed by atoms with E-state index in [-0.39, 0.29) is 17.8 Å². The van der Waals surface area contributed by atoms with Crippen molar-refractivity contribution in [2.75, 3.05) is 44.6 Å². The second-order valence-corrected chi connectivity index (χ2v) is 6.51. The number of carbonyl (C=O) groups is 3. The summed E-state index contributed by atoms with van der Waals surface area (Å²) in [5.41, 5.74) is 1.26. The van der Waals surface area contributed by atoms with E-state index in [0.29, 0.717) is 37.4 Å². The molecule has 1 N–H and O–H groups in total. The van der Waals surface area contributed by atoms with Gasteiger partial charge in [-0.15, -0.1) is 0 Å². The molecule has 0 unspecified atom stereocenters. The molecule has 1 aromatic carbocycles. The summed E-state index contributed by atoms with van der Waals surface area (Å²) >= 11 is 0. The number of hydrogen-bond donors (Lipinski definition) is 1. The molecule has 2 aliphatic heterocycles. The second-order valence-electron chi connectivity index (χ2n) is 6.51. The molecular weight excluding hydrogens is 320 g/mol. The number of carbonyl (C=O) groups excluding carboxylic acids is 3. The van der Waals surface area contributed by atoms with Crippen molar-refractivity contribution in [3.63, 3.8) is 0 Å². The molecule has 0 spiro atoms. The minimum absolute atomic E-state index is 0.0392. The molecule has 134 valence electrons. The molecule has 7 nitrogen and oxygen atoms in total. The number of amides is 4. The molecule has 0 saturated carbocycles. The number of nitrogens with zero attached hydrogens (tertiary/aromatic N) is 3. The Morgan fingerprint density at radius 1 is 0.800 bits per heavy atom. The van der Waals surface area contributed by atoms with Gasteiger partial charge >= 0.3 is 6.03 Å². The first-order valence-electron chi connectivity index (χ1n) is 8.75. The van der Waals surface area contributed by atoms with Crippen molar-refractivity contribution < 1.29 is 14.4 Å². The first-order chi connectivity index (χ1) is 12.0. The van der Waals surface area contributed by atoms with E-state index in [1.807, 2.05) is 9.80 Å². The average Bonchev–Trinajstić information content (AvgIpc) is 3.15. The Balaban J connectivity index is 1.54. The largest absolute Gasteiger partial charge is 0.335 e. The first-order valence-corrected chi connectivity index (χ1v) is 8.75. The lowest BCUT2D eigenvalue weighted by molar-refractivity contribution is -0.114. The van der Waals surface area contributed by atoms with Crippen LogP contribution in [0.15, 0.2) is 24.3 Å². The number of piperazine rings is 1. The summed E-state index contributed by atoms with van der Waals surface area (Å²) in [5, 5.41) is 2.68. The fraction of sp³-hybridized carbons (Fsp3) is 0.500. The zero-order chi connectivity index (χ0) is 17.8. The highest BCUT2D eigenvalue weighted by molar-refractivity contribution is 5.95. The third-order valence-electron chi connectivity index (χ3n) is 4.67. The SMILES string of the molecule is CC(=O)Nc1ccc(C(=O)N2CCN(C(=O)N3CCCC3)CC2)cc1. The van der Waals surface area contributed by atoms with E-state index in [9.17, 15) is 14.4 Å². The van der Waals surface area contributed by atoms with Crippen LogP contribution in [0.5, 0.6) is 0 Å². The molecular formula is C18H24N4O3. The maximum atomic E-state index is 12.6. The Hall–Kier alpha value is -2.57. The minimum Gasteiger partial charge on any atom is -0.335 e. The highest BCUT2D eigenvalue weighted by Crippen LogP contribution is 2.15. The van der Waals surface area contributed by atoms with E-state index in [4.69, 9.17) is 0 Å². The van der Waals surface area contributed by atoms with Crippen LogP contribution in [-0.2, 0) is 4.79 Å². The van der Waals surface area contributed by atoms with Crippen LogP contribution in [0.2, 0.25) is 0 Å². The van der Waals surface area contributed by atoms with Crippen LogP contribution in [-0.4, -0.2) is 71.8 Å². The summed E-state index contributed by atoms with van der Waals surface area (Å²) in [6.07, 6.45) is 2.16. The number of nitrogens with one attached hydrogen (secondary N) is 1. The molecule has 1 aromatic rings. The normalized spacial score (nSPS) is 17.6. The number of rotatable bonds is 2. The van der Waals surface area contributed by atoms with Crippen molar-refractivity contribution in [2.24, 2.45) is 0 Å². The van der Waals surface area contributed by atoms with Crippen molar-refractivity contribution in [1.29, 1.82) is 0 Å². The Morgan fingerprint density at radius 2 is 1.32 bits per heavy atom. The summed E-state index contributed by atoms with van der Waals surface area (Å²) in [4.78, 5) is 41.5. The summed E-state index contributed by atoms with van der Waals surface area (Å²) in [5.74, 6) is -0.180. The average molecular weight is 344 g/mol. The van der Waals surface area contributed by atoms with E-state index in [2.05, 4.69) is 5.32 Å². The molecule has 2 fully saturated rings. The van der Waals surface area contributed by atoms with Gasteiger partial charge in [-0.3, -0.25) is 9.59 Å². The van der Waals surface area contributed by atoms with E-state index in [1.54, 1.807) is 29.2 Å². The van der Waals surface area contributed by atoms with Crippen molar-refractivity contribution in [3.8, 4) is 0 Å². The molecule has 2 heterocycles. The summed E-state index contributed by atoms with van der Waals surface area (Å²) < 4.78 is 0. The Bertz CT molecular complexity index is 645. The van der Waals surface area contributed by atoms with Crippen molar-refractivity contribution >= 4 is 23.5 Å². The summed E-state index contributed by atoms with van der Waals surface area (Å²) in [7, 11) is 0. The van der Waals surface area contributed by atoms with Crippen LogP contribution in [0.1, 0.15) is 30.1 Å². The molecule has 25 heavy (non-hydrogen) atoms. The fourth-order valence-corrected chi connectivity index (χ4v) is 3.29. The number of benzene rings is 1. The molecule has 0 radical (unpaired) electrons. The molecule has 0 bridgehead atoms. The van der Waals surface area contributed by atoms with Crippen LogP contribution >= 0.6 is 0 Å². The van der Waals surface area contributed by atoms with Crippen LogP contribution in [0.4, 0.5) is 10.5 Å². The number of likely N-dealkylation sites (tertiary alicyclic amines) is 1. The van der Waals surface area contributed by atoms with Crippen molar-refractivity contribution in [3.05, 3.63) is 29.8 Å². The van der Waals surface area contributed by atoms with Crippen LogP contribution in [0, 0.1) is 0 Å². The van der Waals surface area contributed by atoms with Gasteiger partial charge in [0.05, 0.1) is 0 Å². The van der Waals surface area contributed by atoms with Gasteiger partial charge in [-0.1, -0.05) is 0 Å². The van der Waals surface area contributed by atoms with Crippen molar-refractivity contribution in [2.45, 2.75) is 19.8 Å². The van der Waals surface area contributed by atoms with Gasteiger partial charge in [0, 0.05) is 57.4 Å². The molecule has 0 atom stereocenters. The predicted octanol–water partition coefficient (Wildman–Crippen LogP) is 1.62. The molecule has 0 aliphatic carbocycles. The highest BCUT2D eigenvalue weighted by Gasteiger charge is 2.28. The molecule has 3 rings (SSSR count). The zero-order valence-corrected chi connectivity index (χ0v) is 14.5. The summed E-state index contributed by atoms with van der Waals surface area (Å²) in [6.45, 7) is 5.38. The fourth-order valence-electron chi connectivity index (χ4n) is 3.29. The third kappa shape index (κ3) is 4.10. The van der Waals surface area contributed by atoms with E-state index < -0.39 is 0 Å². The van der Waals surface area contributed by atoms with E-state index in [1.165, 1.54) is 6.92 Å². The lowest BCUT2D eigenvalue weighted by Gasteiger charge is -2.36. The van der Waals surface area contributed by atoms with Gasteiger partial charge in [-0.2, -0.15) is 0 Å². The quantitative estimate of drug-likeness (QED) is 0.886. The molecule has 0 aromatic heterocycles. The smallest absolute Gasteiger partial charge is 0.320 e. The van der Waals surface area contributed by atoms with Gasteiger partial charge in [0.15, 0.2) is 0 Å². The van der Waals surface area contributed by atoms with E-state index >= 15 is 0 Å². The van der Waals surface area contributed by atoms with Gasteiger partial charge in [0.25, 0.3) is 5.91 Å². The Labute approximate surface area is 147 Å². The van der Waals surface area contributed by atoms with Crippen LogP contribution in [0.25, 0.3) is 0 Å². The standard InChI is InChI=1S/C18H24N4O3/c1-14(23)19-16-6-4-15(5-7-16)17(24)20-10-12-22(13-11-20)18(25)21-8-2-3-9-21/h4-7H,2-3,8-13H2,1H3,(H,19,23). The number of urea groups is 1. The summed E-state index contributed by atoms with van der Waals surface area (Å²) in [6, 6.07) is 6.98.